The van der Waals surface area contributed by atoms with Crippen LogP contribution < -0.4 is 19.5 Å². The SMILES string of the molecule is CC[C@H](Oc1ccc(C(C)(C)C)cc1)C(=O)NC[C@@H]1COc2ccccc2O1. The van der Waals surface area contributed by atoms with Crippen LogP contribution >= 0.6 is 0 Å². The van der Waals surface area contributed by atoms with Crippen molar-refractivity contribution in [3.05, 3.63) is 54.1 Å². The second kappa shape index (κ2) is 8.55. The molecule has 1 amide bonds. The first-order chi connectivity index (χ1) is 13.4. The van der Waals surface area contributed by atoms with E-state index in [-0.39, 0.29) is 17.4 Å². The zero-order valence-corrected chi connectivity index (χ0v) is 17.0. The lowest BCUT2D eigenvalue weighted by Gasteiger charge is -2.27. The summed E-state index contributed by atoms with van der Waals surface area (Å²) in [5.74, 6) is 1.99. The first-order valence-electron chi connectivity index (χ1n) is 9.80. The van der Waals surface area contributed by atoms with Crippen LogP contribution in [0.4, 0.5) is 0 Å². The molecule has 0 aliphatic carbocycles. The van der Waals surface area contributed by atoms with Crippen molar-refractivity contribution in [1.29, 1.82) is 0 Å². The molecule has 1 aliphatic rings. The zero-order valence-electron chi connectivity index (χ0n) is 17.0. The van der Waals surface area contributed by atoms with Gasteiger partial charge in [-0.25, -0.2) is 0 Å². The van der Waals surface area contributed by atoms with E-state index in [0.717, 1.165) is 5.75 Å². The highest BCUT2D eigenvalue weighted by atomic mass is 16.6. The van der Waals surface area contributed by atoms with E-state index < -0.39 is 6.10 Å². The van der Waals surface area contributed by atoms with Gasteiger partial charge in [0, 0.05) is 0 Å². The van der Waals surface area contributed by atoms with Crippen molar-refractivity contribution in [1.82, 2.24) is 5.32 Å². The van der Waals surface area contributed by atoms with Crippen molar-refractivity contribution in [3.8, 4) is 17.2 Å². The Bertz CT molecular complexity index is 795. The molecule has 0 spiro atoms. The minimum atomic E-state index is -0.544. The predicted molar refractivity (Wildman–Crippen MR) is 109 cm³/mol. The third-order valence-corrected chi connectivity index (χ3v) is 4.73. The molecule has 0 radical (unpaired) electrons. The molecule has 5 heteroatoms. The molecule has 0 saturated heterocycles. The number of benzene rings is 2. The summed E-state index contributed by atoms with van der Waals surface area (Å²) in [6.45, 7) is 9.21. The summed E-state index contributed by atoms with van der Waals surface area (Å²) in [7, 11) is 0. The second-order valence-corrected chi connectivity index (χ2v) is 8.03. The Kier molecular flexibility index (Phi) is 6.12. The van der Waals surface area contributed by atoms with Gasteiger partial charge in [0.25, 0.3) is 5.91 Å². The number of amides is 1. The summed E-state index contributed by atoms with van der Waals surface area (Å²) in [4.78, 5) is 12.6. The Morgan fingerprint density at radius 3 is 2.46 bits per heavy atom. The van der Waals surface area contributed by atoms with Crippen molar-refractivity contribution in [3.63, 3.8) is 0 Å². The lowest BCUT2D eigenvalue weighted by Crippen LogP contribution is -2.45. The van der Waals surface area contributed by atoms with Gasteiger partial charge in [-0.3, -0.25) is 4.79 Å². The van der Waals surface area contributed by atoms with E-state index >= 15 is 0 Å². The van der Waals surface area contributed by atoms with Crippen molar-refractivity contribution in [2.75, 3.05) is 13.2 Å². The fraction of sp³-hybridized carbons (Fsp3) is 0.435. The van der Waals surface area contributed by atoms with Crippen LogP contribution in [0.1, 0.15) is 39.7 Å². The molecule has 2 atom stereocenters. The Labute approximate surface area is 167 Å². The number of ether oxygens (including phenoxy) is 3. The molecule has 0 fully saturated rings. The fourth-order valence-corrected chi connectivity index (χ4v) is 3.01. The smallest absolute Gasteiger partial charge is 0.261 e. The molecule has 2 aromatic rings. The summed E-state index contributed by atoms with van der Waals surface area (Å²) >= 11 is 0. The number of fused-ring (bicyclic) bond motifs is 1. The molecule has 150 valence electrons. The van der Waals surface area contributed by atoms with Crippen molar-refractivity contribution >= 4 is 5.91 Å². The van der Waals surface area contributed by atoms with Gasteiger partial charge in [0.2, 0.25) is 0 Å². The van der Waals surface area contributed by atoms with Crippen LogP contribution in [0.5, 0.6) is 17.2 Å². The largest absolute Gasteiger partial charge is 0.486 e. The number of hydrogen-bond donors (Lipinski definition) is 1. The van der Waals surface area contributed by atoms with E-state index in [0.29, 0.717) is 31.1 Å². The first kappa shape index (κ1) is 20.1. The van der Waals surface area contributed by atoms with Crippen LogP contribution in [0.2, 0.25) is 0 Å². The number of carbonyl (C=O) groups is 1. The fourth-order valence-electron chi connectivity index (χ4n) is 3.01. The van der Waals surface area contributed by atoms with Gasteiger partial charge < -0.3 is 19.5 Å². The topological polar surface area (TPSA) is 56.8 Å². The summed E-state index contributed by atoms with van der Waals surface area (Å²) in [5.41, 5.74) is 1.31. The van der Waals surface area contributed by atoms with E-state index in [1.165, 1.54) is 5.56 Å². The van der Waals surface area contributed by atoms with E-state index in [2.05, 4.69) is 26.1 Å². The van der Waals surface area contributed by atoms with Gasteiger partial charge in [-0.2, -0.15) is 0 Å². The summed E-state index contributed by atoms with van der Waals surface area (Å²) in [6, 6.07) is 15.5. The van der Waals surface area contributed by atoms with Crippen LogP contribution in [0.15, 0.2) is 48.5 Å². The van der Waals surface area contributed by atoms with Crippen LogP contribution in [0.25, 0.3) is 0 Å². The van der Waals surface area contributed by atoms with E-state index in [9.17, 15) is 4.79 Å². The standard InChI is InChI=1S/C23H29NO4/c1-5-19(27-17-12-10-16(11-13-17)23(2,3)4)22(25)24-14-18-15-26-20-8-6-7-9-21(20)28-18/h6-13,18-19H,5,14-15H2,1-4H3,(H,24,25)/t18-,19+/m1/s1. The van der Waals surface area contributed by atoms with Gasteiger partial charge >= 0.3 is 0 Å². The molecular formula is C23H29NO4. The molecule has 0 aromatic heterocycles. The molecular weight excluding hydrogens is 354 g/mol. The Balaban J connectivity index is 1.53. The molecule has 2 aromatic carbocycles. The highest BCUT2D eigenvalue weighted by molar-refractivity contribution is 5.81. The van der Waals surface area contributed by atoms with E-state index in [1.807, 2.05) is 55.5 Å². The minimum absolute atomic E-state index is 0.0841. The maximum absolute atomic E-state index is 12.6. The Hall–Kier alpha value is -2.69. The Morgan fingerprint density at radius 2 is 1.82 bits per heavy atom. The number of hydrogen-bond acceptors (Lipinski definition) is 4. The summed E-state index contributed by atoms with van der Waals surface area (Å²) < 4.78 is 17.5. The number of nitrogens with one attached hydrogen (secondary N) is 1. The maximum atomic E-state index is 12.6. The van der Waals surface area contributed by atoms with Crippen molar-refractivity contribution < 1.29 is 19.0 Å². The quantitative estimate of drug-likeness (QED) is 0.816. The Morgan fingerprint density at radius 1 is 1.14 bits per heavy atom. The molecule has 1 aliphatic heterocycles. The van der Waals surface area contributed by atoms with Gasteiger partial charge in [0.15, 0.2) is 17.6 Å². The van der Waals surface area contributed by atoms with Gasteiger partial charge in [0.1, 0.15) is 18.5 Å². The molecule has 0 saturated carbocycles. The highest BCUT2D eigenvalue weighted by Crippen LogP contribution is 2.30. The number of para-hydroxylation sites is 2. The van der Waals surface area contributed by atoms with Crippen LogP contribution in [-0.2, 0) is 10.2 Å². The van der Waals surface area contributed by atoms with E-state index in [1.54, 1.807) is 0 Å². The molecule has 28 heavy (non-hydrogen) atoms. The summed E-state index contributed by atoms with van der Waals surface area (Å²) in [5, 5.41) is 2.92. The third kappa shape index (κ3) is 4.97. The van der Waals surface area contributed by atoms with Crippen molar-refractivity contribution in [2.45, 2.75) is 51.7 Å². The van der Waals surface area contributed by atoms with Crippen molar-refractivity contribution in [2.24, 2.45) is 0 Å². The zero-order chi connectivity index (χ0) is 20.1. The molecule has 3 rings (SSSR count). The van der Waals surface area contributed by atoms with Gasteiger partial charge in [-0.15, -0.1) is 0 Å². The van der Waals surface area contributed by atoms with Crippen LogP contribution in [-0.4, -0.2) is 31.3 Å². The van der Waals surface area contributed by atoms with Crippen LogP contribution in [0.3, 0.4) is 0 Å². The average Bonchev–Trinajstić information content (AvgIpc) is 2.69. The molecule has 1 N–H and O–H groups in total. The molecule has 1 heterocycles. The predicted octanol–water partition coefficient (Wildman–Crippen LogP) is 4.10. The maximum Gasteiger partial charge on any atom is 0.261 e. The third-order valence-electron chi connectivity index (χ3n) is 4.73. The van der Waals surface area contributed by atoms with Gasteiger partial charge in [0.05, 0.1) is 6.54 Å². The average molecular weight is 383 g/mol. The van der Waals surface area contributed by atoms with Gasteiger partial charge in [-0.05, 0) is 41.7 Å². The first-order valence-corrected chi connectivity index (χ1v) is 9.80. The lowest BCUT2D eigenvalue weighted by molar-refractivity contribution is -0.128. The minimum Gasteiger partial charge on any atom is -0.486 e. The molecule has 0 bridgehead atoms. The number of rotatable bonds is 6. The highest BCUT2D eigenvalue weighted by Gasteiger charge is 2.24. The normalized spacial score (nSPS) is 16.9. The lowest BCUT2D eigenvalue weighted by atomic mass is 9.87. The van der Waals surface area contributed by atoms with E-state index in [4.69, 9.17) is 14.2 Å². The number of carbonyl (C=O) groups excluding carboxylic acids is 1. The summed E-state index contributed by atoms with van der Waals surface area (Å²) in [6.07, 6.45) is -0.183. The second-order valence-electron chi connectivity index (χ2n) is 8.03. The van der Waals surface area contributed by atoms with Gasteiger partial charge in [-0.1, -0.05) is 52.0 Å². The molecule has 5 nitrogen and oxygen atoms in total. The van der Waals surface area contributed by atoms with Crippen LogP contribution in [0, 0.1) is 0 Å². The monoisotopic (exact) mass is 383 g/mol. The molecule has 0 unspecified atom stereocenters.